The number of nitrogens with one attached hydrogen (secondary N) is 1. The highest BCUT2D eigenvalue weighted by Crippen LogP contribution is 2.49. The van der Waals surface area contributed by atoms with Gasteiger partial charge in [0.25, 0.3) is 5.91 Å². The number of amides is 2. The lowest BCUT2D eigenvalue weighted by Crippen LogP contribution is -2.49. The van der Waals surface area contributed by atoms with E-state index in [4.69, 9.17) is 5.11 Å². The number of rotatable bonds is 8. The molecule has 0 bridgehead atoms. The van der Waals surface area contributed by atoms with Gasteiger partial charge in [0.2, 0.25) is 5.91 Å². The molecule has 0 radical (unpaired) electrons. The molecule has 2 aliphatic carbocycles. The van der Waals surface area contributed by atoms with Gasteiger partial charge in [0.05, 0.1) is 16.5 Å². The molecular weight excluding hydrogens is 563 g/mol. The minimum Gasteiger partial charge on any atom is -0.480 e. The van der Waals surface area contributed by atoms with Crippen LogP contribution in [0.25, 0.3) is 0 Å². The molecule has 1 heterocycles. The van der Waals surface area contributed by atoms with Crippen LogP contribution in [-0.4, -0.2) is 54.0 Å². The average Bonchev–Trinajstić information content (AvgIpc) is 3.80. The average molecular weight is 587 g/mol. The molecule has 0 aromatic heterocycles. The van der Waals surface area contributed by atoms with Gasteiger partial charge in [0.1, 0.15) is 17.7 Å². The topological polar surface area (TPSA) is 121 Å². The zero-order chi connectivity index (χ0) is 29.1. The second kappa shape index (κ2) is 9.82. The van der Waals surface area contributed by atoms with Crippen molar-refractivity contribution in [1.29, 1.82) is 0 Å². The number of halogens is 5. The summed E-state index contributed by atoms with van der Waals surface area (Å²) in [7, 11) is -4.23. The first-order chi connectivity index (χ1) is 18.7. The van der Waals surface area contributed by atoms with Crippen molar-refractivity contribution in [2.24, 2.45) is 11.8 Å². The van der Waals surface area contributed by atoms with Gasteiger partial charge in [-0.25, -0.2) is 17.2 Å². The Labute approximate surface area is 225 Å². The Bertz CT molecular complexity index is 1510. The van der Waals surface area contributed by atoms with Crippen LogP contribution in [0.2, 0.25) is 0 Å². The molecule has 1 aliphatic heterocycles. The summed E-state index contributed by atoms with van der Waals surface area (Å²) in [6.07, 6.45) is -3.16. The number of sulfone groups is 1. The summed E-state index contributed by atoms with van der Waals surface area (Å²) in [4.78, 5) is 38.7. The number of aliphatic carboxylic acids is 1. The molecule has 1 unspecified atom stereocenters. The van der Waals surface area contributed by atoms with E-state index < -0.39 is 74.4 Å². The van der Waals surface area contributed by atoms with E-state index in [0.717, 1.165) is 12.1 Å². The standard InChI is InChI=1S/C26H23F5N2O6S/c27-18-10-17(26(29,30)31)19(28)9-16(18)23(12-4-5-12)32-24(36)21-8-14-7-20(14)33(21)25(37)13-2-1-3-15(6-13)40(38,39)11-22(34)35/h1-3,6,9-10,12,14,20-21,23H,4-5,7-8,11H2,(H,32,36)(H,34,35)/t14-,20-,21-,23?/m1/s1. The summed E-state index contributed by atoms with van der Waals surface area (Å²) < 4.78 is 92.8. The number of carbonyl (C=O) groups excluding carboxylic acids is 2. The van der Waals surface area contributed by atoms with Crippen molar-refractivity contribution in [3.63, 3.8) is 0 Å². The molecule has 2 saturated carbocycles. The zero-order valence-electron chi connectivity index (χ0n) is 20.6. The molecular formula is C26H23F5N2O6S. The Kier molecular flexibility index (Phi) is 6.87. The highest BCUT2D eigenvalue weighted by molar-refractivity contribution is 7.92. The monoisotopic (exact) mass is 586 g/mol. The molecule has 3 fully saturated rings. The number of hydrogen-bond donors (Lipinski definition) is 2. The number of benzene rings is 2. The van der Waals surface area contributed by atoms with E-state index in [0.29, 0.717) is 25.3 Å². The van der Waals surface area contributed by atoms with E-state index in [9.17, 15) is 44.8 Å². The number of carbonyl (C=O) groups is 3. The lowest BCUT2D eigenvalue weighted by molar-refractivity contribution is -0.140. The molecule has 40 heavy (non-hydrogen) atoms. The number of hydrogen-bond acceptors (Lipinski definition) is 5. The number of carboxylic acids is 1. The quantitative estimate of drug-likeness (QED) is 0.455. The van der Waals surface area contributed by atoms with Crippen LogP contribution in [0, 0.1) is 23.5 Å². The van der Waals surface area contributed by atoms with E-state index in [1.165, 1.54) is 17.0 Å². The number of carboxylic acid groups (broad SMARTS) is 1. The zero-order valence-corrected chi connectivity index (χ0v) is 21.4. The molecule has 8 nitrogen and oxygen atoms in total. The van der Waals surface area contributed by atoms with Crippen molar-refractivity contribution in [3.05, 3.63) is 64.7 Å². The minimum absolute atomic E-state index is 0.00162. The SMILES string of the molecule is O=C(O)CS(=O)(=O)c1cccc(C(=O)N2[C@@H](C(=O)NC(c3cc(F)c(C(F)(F)F)cc3F)C3CC3)C[C@H]3C[C@H]32)c1. The van der Waals surface area contributed by atoms with Gasteiger partial charge in [-0.15, -0.1) is 0 Å². The molecule has 214 valence electrons. The predicted molar refractivity (Wildman–Crippen MR) is 128 cm³/mol. The van der Waals surface area contributed by atoms with Gasteiger partial charge in [0, 0.05) is 17.2 Å². The Morgan fingerprint density at radius 3 is 2.38 bits per heavy atom. The van der Waals surface area contributed by atoms with E-state index in [1.807, 2.05) is 0 Å². The summed E-state index contributed by atoms with van der Waals surface area (Å²) in [5, 5.41) is 11.5. The van der Waals surface area contributed by atoms with Gasteiger partial charge in [-0.2, -0.15) is 13.2 Å². The van der Waals surface area contributed by atoms with Gasteiger partial charge in [-0.1, -0.05) is 6.07 Å². The first-order valence-corrected chi connectivity index (χ1v) is 14.1. The van der Waals surface area contributed by atoms with Crippen molar-refractivity contribution in [2.45, 2.75) is 54.9 Å². The van der Waals surface area contributed by atoms with Gasteiger partial charge in [-0.3, -0.25) is 14.4 Å². The van der Waals surface area contributed by atoms with E-state index in [2.05, 4.69) is 5.32 Å². The molecule has 14 heteroatoms. The lowest BCUT2D eigenvalue weighted by Gasteiger charge is -2.29. The third kappa shape index (κ3) is 5.40. The molecule has 0 spiro atoms. The van der Waals surface area contributed by atoms with Crippen LogP contribution in [0.3, 0.4) is 0 Å². The molecule has 2 aromatic rings. The van der Waals surface area contributed by atoms with Crippen molar-refractivity contribution < 1.29 is 49.9 Å². The molecule has 2 N–H and O–H groups in total. The van der Waals surface area contributed by atoms with Crippen molar-refractivity contribution in [1.82, 2.24) is 10.2 Å². The van der Waals surface area contributed by atoms with Gasteiger partial charge >= 0.3 is 12.1 Å². The van der Waals surface area contributed by atoms with Crippen LogP contribution in [0.15, 0.2) is 41.3 Å². The number of fused-ring (bicyclic) bond motifs is 1. The van der Waals surface area contributed by atoms with E-state index in [1.54, 1.807) is 0 Å². The van der Waals surface area contributed by atoms with Crippen molar-refractivity contribution in [3.8, 4) is 0 Å². The molecule has 3 aliphatic rings. The Balaban J connectivity index is 1.39. The number of likely N-dealkylation sites (tertiary alicyclic amines) is 1. The van der Waals surface area contributed by atoms with Crippen LogP contribution in [0.4, 0.5) is 22.0 Å². The van der Waals surface area contributed by atoms with Gasteiger partial charge < -0.3 is 15.3 Å². The second-order valence-corrected chi connectivity index (χ2v) is 12.4. The Morgan fingerprint density at radius 1 is 1.05 bits per heavy atom. The first kappa shape index (κ1) is 28.0. The molecule has 5 rings (SSSR count). The van der Waals surface area contributed by atoms with Crippen LogP contribution >= 0.6 is 0 Å². The third-order valence-corrected chi connectivity index (χ3v) is 9.11. The fourth-order valence-corrected chi connectivity index (χ4v) is 6.43. The van der Waals surface area contributed by atoms with Crippen LogP contribution in [-0.2, 0) is 25.6 Å². The highest BCUT2D eigenvalue weighted by atomic mass is 32.2. The van der Waals surface area contributed by atoms with Crippen LogP contribution in [0.1, 0.15) is 53.2 Å². The normalized spacial score (nSPS) is 22.9. The highest BCUT2D eigenvalue weighted by Gasteiger charge is 2.56. The Hall–Kier alpha value is -3.55. The number of nitrogens with zero attached hydrogens (tertiary/aromatic N) is 1. The smallest absolute Gasteiger partial charge is 0.419 e. The minimum atomic E-state index is -5.10. The lowest BCUT2D eigenvalue weighted by atomic mass is 9.98. The fourth-order valence-electron chi connectivity index (χ4n) is 5.35. The van der Waals surface area contributed by atoms with Gasteiger partial charge in [0.15, 0.2) is 15.6 Å². The van der Waals surface area contributed by atoms with Crippen LogP contribution in [0.5, 0.6) is 0 Å². The summed E-state index contributed by atoms with van der Waals surface area (Å²) in [6.45, 7) is 0. The largest absolute Gasteiger partial charge is 0.480 e. The number of piperidine rings is 1. The summed E-state index contributed by atoms with van der Waals surface area (Å²) >= 11 is 0. The summed E-state index contributed by atoms with van der Waals surface area (Å²) in [6, 6.07) is 2.88. The third-order valence-electron chi connectivity index (χ3n) is 7.51. The maximum Gasteiger partial charge on any atom is 0.419 e. The van der Waals surface area contributed by atoms with E-state index in [-0.39, 0.29) is 40.8 Å². The Morgan fingerprint density at radius 2 is 1.75 bits per heavy atom. The van der Waals surface area contributed by atoms with Crippen molar-refractivity contribution in [2.75, 3.05) is 5.75 Å². The first-order valence-electron chi connectivity index (χ1n) is 12.4. The molecule has 2 amide bonds. The molecule has 1 saturated heterocycles. The van der Waals surface area contributed by atoms with Gasteiger partial charge in [-0.05, 0) is 67.9 Å². The maximum atomic E-state index is 14.8. The molecule has 2 aromatic carbocycles. The predicted octanol–water partition coefficient (Wildman–Crippen LogP) is 3.71. The second-order valence-electron chi connectivity index (χ2n) is 10.4. The summed E-state index contributed by atoms with van der Waals surface area (Å²) in [5.74, 6) is -7.40. The van der Waals surface area contributed by atoms with E-state index >= 15 is 0 Å². The fraction of sp³-hybridized carbons (Fsp3) is 0.423. The van der Waals surface area contributed by atoms with Crippen LogP contribution < -0.4 is 5.32 Å². The van der Waals surface area contributed by atoms with Crippen molar-refractivity contribution >= 4 is 27.6 Å². The maximum absolute atomic E-state index is 14.8. The number of alkyl halides is 3. The molecule has 4 atom stereocenters. The summed E-state index contributed by atoms with van der Waals surface area (Å²) in [5.41, 5.74) is -2.25.